The second-order valence-corrected chi connectivity index (χ2v) is 7.40. The van der Waals surface area contributed by atoms with Crippen molar-refractivity contribution < 1.29 is 19.0 Å². The normalized spacial score (nSPS) is 12.3. The summed E-state index contributed by atoms with van der Waals surface area (Å²) in [4.78, 5) is 21.0. The second kappa shape index (κ2) is 10.3. The van der Waals surface area contributed by atoms with E-state index in [0.29, 0.717) is 32.8 Å². The van der Waals surface area contributed by atoms with Gasteiger partial charge in [-0.15, -0.1) is 5.10 Å². The molecule has 1 amide bonds. The van der Waals surface area contributed by atoms with Crippen LogP contribution in [0.15, 0.2) is 24.5 Å². The highest BCUT2D eigenvalue weighted by Crippen LogP contribution is 2.34. The van der Waals surface area contributed by atoms with Crippen LogP contribution in [0.1, 0.15) is 22.5 Å². The SMILES string of the molecule is C1COC1.COc1nnc(NC(=O)c2cnc(C)cc2-c2cc(Cl)ncc2OC)s1. The molecule has 158 valence electrons. The van der Waals surface area contributed by atoms with E-state index in [9.17, 15) is 4.79 Å². The van der Waals surface area contributed by atoms with Gasteiger partial charge in [-0.05, 0) is 36.8 Å². The van der Waals surface area contributed by atoms with Gasteiger partial charge >= 0.3 is 0 Å². The third kappa shape index (κ3) is 5.41. The number of methoxy groups -OCH3 is 2. The number of nitrogens with one attached hydrogen (secondary N) is 1. The van der Waals surface area contributed by atoms with Crippen molar-refractivity contribution in [3.63, 3.8) is 0 Å². The quantitative estimate of drug-likeness (QED) is 0.588. The Hall–Kier alpha value is -2.82. The van der Waals surface area contributed by atoms with Crippen LogP contribution in [0.5, 0.6) is 10.9 Å². The van der Waals surface area contributed by atoms with Crippen molar-refractivity contribution >= 4 is 34.0 Å². The molecular weight excluding hydrogens is 430 g/mol. The van der Waals surface area contributed by atoms with Crippen molar-refractivity contribution in [2.75, 3.05) is 32.8 Å². The number of nitrogens with zero attached hydrogens (tertiary/aromatic N) is 4. The van der Waals surface area contributed by atoms with Crippen molar-refractivity contribution in [3.8, 4) is 22.1 Å². The van der Waals surface area contributed by atoms with Gasteiger partial charge in [0.1, 0.15) is 10.9 Å². The maximum Gasteiger partial charge on any atom is 0.295 e. The predicted molar refractivity (Wildman–Crippen MR) is 114 cm³/mol. The Kier molecular flexibility index (Phi) is 7.50. The van der Waals surface area contributed by atoms with Gasteiger partial charge in [0, 0.05) is 36.2 Å². The molecule has 0 atom stereocenters. The van der Waals surface area contributed by atoms with Gasteiger partial charge in [-0.3, -0.25) is 15.1 Å². The minimum absolute atomic E-state index is 0.287. The van der Waals surface area contributed by atoms with Crippen molar-refractivity contribution in [2.45, 2.75) is 13.3 Å². The van der Waals surface area contributed by atoms with E-state index in [1.807, 2.05) is 6.92 Å². The zero-order valence-corrected chi connectivity index (χ0v) is 18.2. The Labute approximate surface area is 182 Å². The molecule has 1 aliphatic heterocycles. The number of carbonyl (C=O) groups is 1. The standard InChI is InChI=1S/C16H14ClN5O3S.C3H6O/c1-8-4-9(10-5-13(17)19-7-12(10)24-2)11(6-18-8)14(23)20-15-21-22-16(25-3)26-15;1-2-4-3-1/h4-7H,1-3H3,(H,20,21,23);1-3H2. The van der Waals surface area contributed by atoms with E-state index in [2.05, 4.69) is 25.5 Å². The fourth-order valence-corrected chi connectivity index (χ4v) is 3.12. The van der Waals surface area contributed by atoms with E-state index in [0.717, 1.165) is 30.2 Å². The van der Waals surface area contributed by atoms with E-state index < -0.39 is 0 Å². The molecule has 0 bridgehead atoms. The van der Waals surface area contributed by atoms with Crippen LogP contribution in [-0.2, 0) is 4.74 Å². The van der Waals surface area contributed by atoms with Crippen LogP contribution < -0.4 is 14.8 Å². The lowest BCUT2D eigenvalue weighted by Gasteiger charge is -2.13. The molecule has 1 N–H and O–H groups in total. The lowest BCUT2D eigenvalue weighted by atomic mass is 10.0. The number of aromatic nitrogens is 4. The van der Waals surface area contributed by atoms with Gasteiger partial charge in [0.25, 0.3) is 11.1 Å². The molecule has 4 heterocycles. The highest BCUT2D eigenvalue weighted by atomic mass is 35.5. The van der Waals surface area contributed by atoms with Crippen molar-refractivity contribution in [2.24, 2.45) is 0 Å². The number of amides is 1. The number of rotatable bonds is 5. The van der Waals surface area contributed by atoms with Crippen molar-refractivity contribution in [1.29, 1.82) is 0 Å². The highest BCUT2D eigenvalue weighted by Gasteiger charge is 2.19. The van der Waals surface area contributed by atoms with Crippen LogP contribution in [0.4, 0.5) is 5.13 Å². The molecule has 4 rings (SSSR count). The maximum absolute atomic E-state index is 12.8. The Bertz CT molecular complexity index is 1020. The smallest absolute Gasteiger partial charge is 0.295 e. The van der Waals surface area contributed by atoms with E-state index in [4.69, 9.17) is 25.8 Å². The van der Waals surface area contributed by atoms with Gasteiger partial charge in [-0.2, -0.15) is 0 Å². The summed E-state index contributed by atoms with van der Waals surface area (Å²) in [5.74, 6) is 0.105. The first kappa shape index (κ1) is 21.9. The van der Waals surface area contributed by atoms with Crippen LogP contribution in [0.25, 0.3) is 11.1 Å². The predicted octanol–water partition coefficient (Wildman–Crippen LogP) is 3.63. The number of anilines is 1. The first-order valence-electron chi connectivity index (χ1n) is 8.95. The zero-order chi connectivity index (χ0) is 21.5. The largest absolute Gasteiger partial charge is 0.494 e. The number of ether oxygens (including phenoxy) is 3. The first-order chi connectivity index (χ1) is 14.5. The van der Waals surface area contributed by atoms with Gasteiger partial charge in [-0.1, -0.05) is 16.7 Å². The van der Waals surface area contributed by atoms with Crippen molar-refractivity contribution in [1.82, 2.24) is 20.2 Å². The number of hydrogen-bond donors (Lipinski definition) is 1. The third-order valence-electron chi connectivity index (χ3n) is 4.01. The minimum Gasteiger partial charge on any atom is -0.494 e. The first-order valence-corrected chi connectivity index (χ1v) is 10.1. The average molecular weight is 450 g/mol. The molecule has 9 nitrogen and oxygen atoms in total. The van der Waals surface area contributed by atoms with Gasteiger partial charge < -0.3 is 14.2 Å². The van der Waals surface area contributed by atoms with Crippen LogP contribution in [0.2, 0.25) is 5.15 Å². The summed E-state index contributed by atoms with van der Waals surface area (Å²) in [6.07, 6.45) is 4.27. The average Bonchev–Trinajstić information content (AvgIpc) is 3.14. The summed E-state index contributed by atoms with van der Waals surface area (Å²) in [7, 11) is 3.00. The molecule has 0 saturated carbocycles. The molecule has 30 heavy (non-hydrogen) atoms. The molecule has 0 spiro atoms. The summed E-state index contributed by atoms with van der Waals surface area (Å²) >= 11 is 7.15. The molecule has 11 heteroatoms. The van der Waals surface area contributed by atoms with Crippen LogP contribution in [-0.4, -0.2) is 53.5 Å². The molecule has 3 aromatic heterocycles. The zero-order valence-electron chi connectivity index (χ0n) is 16.6. The van der Waals surface area contributed by atoms with Crippen molar-refractivity contribution in [3.05, 3.63) is 40.9 Å². The molecule has 1 saturated heterocycles. The van der Waals surface area contributed by atoms with Gasteiger partial charge in [0.15, 0.2) is 0 Å². The summed E-state index contributed by atoms with van der Waals surface area (Å²) < 4.78 is 15.1. The summed E-state index contributed by atoms with van der Waals surface area (Å²) in [6.45, 7) is 3.83. The summed E-state index contributed by atoms with van der Waals surface area (Å²) in [6, 6.07) is 3.42. The second-order valence-electron chi connectivity index (χ2n) is 6.08. The Balaban J connectivity index is 0.000000572. The third-order valence-corrected chi connectivity index (χ3v) is 5.02. The van der Waals surface area contributed by atoms with E-state index in [1.54, 1.807) is 12.1 Å². The number of hydrogen-bond acceptors (Lipinski definition) is 9. The summed E-state index contributed by atoms with van der Waals surface area (Å²) in [5, 5.41) is 11.3. The number of carbonyl (C=O) groups excluding carboxylic acids is 1. The Morgan fingerprint density at radius 1 is 1.13 bits per heavy atom. The van der Waals surface area contributed by atoms with E-state index in [-0.39, 0.29) is 11.1 Å². The number of pyridine rings is 2. The fourth-order valence-electron chi connectivity index (χ4n) is 2.41. The monoisotopic (exact) mass is 449 g/mol. The van der Waals surface area contributed by atoms with Crippen LogP contribution in [0, 0.1) is 6.92 Å². The molecule has 3 aromatic rings. The topological polar surface area (TPSA) is 108 Å². The van der Waals surface area contributed by atoms with Gasteiger partial charge in [-0.25, -0.2) is 4.98 Å². The van der Waals surface area contributed by atoms with Gasteiger partial charge in [0.05, 0.1) is 26.0 Å². The minimum atomic E-state index is -0.388. The van der Waals surface area contributed by atoms with Gasteiger partial charge in [0.2, 0.25) is 5.13 Å². The molecule has 0 unspecified atom stereocenters. The van der Waals surface area contributed by atoms with E-state index in [1.165, 1.54) is 33.0 Å². The van der Waals surface area contributed by atoms with E-state index >= 15 is 0 Å². The number of aryl methyl sites for hydroxylation is 1. The molecule has 0 aliphatic carbocycles. The maximum atomic E-state index is 12.8. The summed E-state index contributed by atoms with van der Waals surface area (Å²) in [5.41, 5.74) is 2.33. The lowest BCUT2D eigenvalue weighted by Crippen LogP contribution is -2.14. The Morgan fingerprint density at radius 3 is 2.47 bits per heavy atom. The molecule has 1 fully saturated rings. The Morgan fingerprint density at radius 2 is 1.87 bits per heavy atom. The van der Waals surface area contributed by atoms with Crippen LogP contribution >= 0.6 is 22.9 Å². The molecule has 1 aliphatic rings. The molecular formula is C19H20ClN5O4S. The highest BCUT2D eigenvalue weighted by molar-refractivity contribution is 7.17. The molecule has 0 radical (unpaired) electrons. The molecule has 0 aromatic carbocycles. The fraction of sp³-hybridized carbons (Fsp3) is 0.316. The lowest BCUT2D eigenvalue weighted by molar-refractivity contribution is 0.0367. The number of halogens is 1. The van der Waals surface area contributed by atoms with Crippen LogP contribution in [0.3, 0.4) is 0 Å².